The molecule has 0 aliphatic carbocycles. The predicted octanol–water partition coefficient (Wildman–Crippen LogP) is 3.77. The third-order valence-electron chi connectivity index (χ3n) is 5.07. The number of hydrogen-bond donors (Lipinski definition) is 2. The molecule has 0 aliphatic heterocycles. The minimum Gasteiger partial charge on any atom is -0.361 e. The highest BCUT2D eigenvalue weighted by molar-refractivity contribution is 7.10. The van der Waals surface area contributed by atoms with Gasteiger partial charge in [0.1, 0.15) is 6.33 Å². The topological polar surface area (TPSA) is 88.5 Å². The molecule has 2 N–H and O–H groups in total. The van der Waals surface area contributed by atoms with Gasteiger partial charge in [-0.2, -0.15) is 0 Å². The van der Waals surface area contributed by atoms with Gasteiger partial charge in [0.2, 0.25) is 0 Å². The average Bonchev–Trinajstić information content (AvgIpc) is 3.56. The summed E-state index contributed by atoms with van der Waals surface area (Å²) in [6.45, 7) is 0.496. The summed E-state index contributed by atoms with van der Waals surface area (Å²) in [5.74, 6) is -0.0703. The highest BCUT2D eigenvalue weighted by Crippen LogP contribution is 2.32. The molecule has 5 rings (SSSR count). The van der Waals surface area contributed by atoms with Gasteiger partial charge in [0.05, 0.1) is 5.69 Å². The smallest absolute Gasteiger partial charge is 0.251 e. The number of hydrogen-bond acceptors (Lipinski definition) is 5. The number of nitrogens with one attached hydrogen (secondary N) is 2. The van der Waals surface area contributed by atoms with Crippen LogP contribution in [-0.2, 0) is 0 Å². The normalized spacial score (nSPS) is 12.1. The van der Waals surface area contributed by atoms with E-state index in [1.54, 1.807) is 23.5 Å². The van der Waals surface area contributed by atoms with Crippen molar-refractivity contribution < 1.29 is 4.79 Å². The van der Waals surface area contributed by atoms with Gasteiger partial charge in [-0.15, -0.1) is 16.4 Å². The van der Waals surface area contributed by atoms with Crippen molar-refractivity contribution in [1.82, 2.24) is 30.5 Å². The summed E-state index contributed by atoms with van der Waals surface area (Å²) in [6.07, 6.45) is 3.54. The number of H-pyrrole nitrogens is 1. The van der Waals surface area contributed by atoms with Crippen LogP contribution in [0.25, 0.3) is 16.6 Å². The zero-order chi connectivity index (χ0) is 20.3. The second-order valence-corrected chi connectivity index (χ2v) is 7.85. The first-order valence-electron chi connectivity index (χ1n) is 9.50. The molecule has 0 saturated heterocycles. The number of carbonyl (C=O) groups excluding carboxylic acids is 1. The van der Waals surface area contributed by atoms with Gasteiger partial charge in [-0.05, 0) is 51.7 Å². The summed E-state index contributed by atoms with van der Waals surface area (Å²) in [7, 11) is 0. The fourth-order valence-electron chi connectivity index (χ4n) is 3.60. The first-order valence-corrected chi connectivity index (χ1v) is 10.4. The fraction of sp³-hybridized carbons (Fsp3) is 0.0909. The molecule has 8 heteroatoms. The van der Waals surface area contributed by atoms with Crippen molar-refractivity contribution in [2.75, 3.05) is 6.54 Å². The van der Waals surface area contributed by atoms with Crippen LogP contribution in [0.2, 0.25) is 0 Å². The van der Waals surface area contributed by atoms with Crippen LogP contribution in [0.15, 0.2) is 78.6 Å². The maximum Gasteiger partial charge on any atom is 0.251 e. The number of fused-ring (bicyclic) bond motifs is 1. The van der Waals surface area contributed by atoms with Crippen LogP contribution < -0.4 is 5.32 Å². The number of nitrogens with zero attached hydrogens (tertiary/aromatic N) is 4. The lowest BCUT2D eigenvalue weighted by Gasteiger charge is -2.16. The number of para-hydroxylation sites is 1. The zero-order valence-corrected chi connectivity index (χ0v) is 16.7. The summed E-state index contributed by atoms with van der Waals surface area (Å²) in [5.41, 5.74) is 3.57. The summed E-state index contributed by atoms with van der Waals surface area (Å²) in [5, 5.41) is 17.5. The molecule has 7 nitrogen and oxygen atoms in total. The van der Waals surface area contributed by atoms with E-state index in [0.29, 0.717) is 12.1 Å². The number of tetrazole rings is 1. The van der Waals surface area contributed by atoms with Crippen molar-refractivity contribution in [2.45, 2.75) is 5.92 Å². The number of aromatic amines is 1. The standard InChI is InChI=1S/C22H18N6OS/c29-22(15-5-3-6-16(11-15)28-14-25-26-27-28)24-13-19(21-9-4-10-30-21)18-12-23-20-8-2-1-7-17(18)20/h1-12,14,19,23H,13H2,(H,24,29). The highest BCUT2D eigenvalue weighted by atomic mass is 32.1. The Bertz CT molecular complexity index is 1280. The molecule has 1 atom stereocenters. The Morgan fingerprint density at radius 2 is 2.07 bits per heavy atom. The summed E-state index contributed by atoms with van der Waals surface area (Å²) in [4.78, 5) is 17.5. The summed E-state index contributed by atoms with van der Waals surface area (Å²) in [6, 6.07) is 19.6. The largest absolute Gasteiger partial charge is 0.361 e. The summed E-state index contributed by atoms with van der Waals surface area (Å²) >= 11 is 1.70. The molecular weight excluding hydrogens is 396 g/mol. The first-order chi connectivity index (χ1) is 14.8. The van der Waals surface area contributed by atoms with Crippen molar-refractivity contribution >= 4 is 28.1 Å². The molecule has 0 fully saturated rings. The second-order valence-electron chi connectivity index (χ2n) is 6.87. The Kier molecular flexibility index (Phi) is 4.82. The van der Waals surface area contributed by atoms with Gasteiger partial charge < -0.3 is 10.3 Å². The van der Waals surface area contributed by atoms with E-state index in [1.165, 1.54) is 26.8 Å². The first kappa shape index (κ1) is 18.3. The van der Waals surface area contributed by atoms with Crippen LogP contribution >= 0.6 is 11.3 Å². The molecule has 3 aromatic heterocycles. The van der Waals surface area contributed by atoms with Gasteiger partial charge in [0.25, 0.3) is 5.91 Å². The predicted molar refractivity (Wildman–Crippen MR) is 116 cm³/mol. The van der Waals surface area contributed by atoms with E-state index < -0.39 is 0 Å². The molecule has 0 aliphatic rings. The van der Waals surface area contributed by atoms with Gasteiger partial charge in [-0.3, -0.25) is 4.79 Å². The number of thiophene rings is 1. The number of amides is 1. The maximum absolute atomic E-state index is 12.9. The number of carbonyl (C=O) groups is 1. The molecule has 0 spiro atoms. The van der Waals surface area contributed by atoms with Gasteiger partial charge >= 0.3 is 0 Å². The van der Waals surface area contributed by atoms with E-state index in [0.717, 1.165) is 11.2 Å². The quantitative estimate of drug-likeness (QED) is 0.443. The van der Waals surface area contributed by atoms with Crippen LogP contribution in [-0.4, -0.2) is 37.6 Å². The molecule has 0 radical (unpaired) electrons. The molecular formula is C22H18N6OS. The monoisotopic (exact) mass is 414 g/mol. The van der Waals surface area contributed by atoms with Crippen molar-refractivity contribution in [3.63, 3.8) is 0 Å². The second kappa shape index (κ2) is 7.92. The van der Waals surface area contributed by atoms with E-state index in [4.69, 9.17) is 0 Å². The average molecular weight is 414 g/mol. The van der Waals surface area contributed by atoms with Crippen molar-refractivity contribution in [3.8, 4) is 5.69 Å². The van der Waals surface area contributed by atoms with E-state index in [1.807, 2.05) is 36.5 Å². The Morgan fingerprint density at radius 1 is 1.13 bits per heavy atom. The molecule has 5 aromatic rings. The van der Waals surface area contributed by atoms with Crippen molar-refractivity contribution in [1.29, 1.82) is 0 Å². The minimum atomic E-state index is -0.133. The van der Waals surface area contributed by atoms with Crippen molar-refractivity contribution in [2.24, 2.45) is 0 Å². The van der Waals surface area contributed by atoms with E-state index in [2.05, 4.69) is 49.4 Å². The molecule has 148 valence electrons. The molecule has 3 heterocycles. The van der Waals surface area contributed by atoms with Crippen LogP contribution in [0.4, 0.5) is 0 Å². The molecule has 30 heavy (non-hydrogen) atoms. The SMILES string of the molecule is O=C(NCC(c1cccs1)c1c[nH]c2ccccc12)c1cccc(-n2cnnn2)c1. The van der Waals surface area contributed by atoms with Gasteiger partial charge in [0.15, 0.2) is 0 Å². The lowest BCUT2D eigenvalue weighted by atomic mass is 9.96. The maximum atomic E-state index is 12.9. The third-order valence-corrected chi connectivity index (χ3v) is 6.06. The molecule has 1 unspecified atom stereocenters. The lowest BCUT2D eigenvalue weighted by Crippen LogP contribution is -2.28. The number of rotatable bonds is 6. The van der Waals surface area contributed by atoms with Crippen molar-refractivity contribution in [3.05, 3.63) is 94.6 Å². The highest BCUT2D eigenvalue weighted by Gasteiger charge is 2.20. The Hall–Kier alpha value is -3.78. The molecule has 0 bridgehead atoms. The van der Waals surface area contributed by atoms with E-state index >= 15 is 0 Å². The Balaban J connectivity index is 1.40. The minimum absolute atomic E-state index is 0.0628. The molecule has 2 aromatic carbocycles. The third kappa shape index (κ3) is 3.48. The van der Waals surface area contributed by atoms with Gasteiger partial charge in [-0.25, -0.2) is 4.68 Å². The molecule has 0 saturated carbocycles. The van der Waals surface area contributed by atoms with E-state index in [-0.39, 0.29) is 11.8 Å². The van der Waals surface area contributed by atoms with Gasteiger partial charge in [-0.1, -0.05) is 30.3 Å². The number of benzene rings is 2. The lowest BCUT2D eigenvalue weighted by molar-refractivity contribution is 0.0952. The van der Waals surface area contributed by atoms with Crippen LogP contribution in [0.1, 0.15) is 26.7 Å². The van der Waals surface area contributed by atoms with E-state index in [9.17, 15) is 4.79 Å². The Morgan fingerprint density at radius 3 is 2.90 bits per heavy atom. The van der Waals surface area contributed by atoms with Crippen LogP contribution in [0.3, 0.4) is 0 Å². The zero-order valence-electron chi connectivity index (χ0n) is 15.9. The Labute approximate surface area is 176 Å². The van der Waals surface area contributed by atoms with Crippen LogP contribution in [0, 0.1) is 0 Å². The summed E-state index contributed by atoms with van der Waals surface area (Å²) < 4.78 is 1.52. The fourth-order valence-corrected chi connectivity index (χ4v) is 4.45. The van der Waals surface area contributed by atoms with Gasteiger partial charge in [0, 0.05) is 40.0 Å². The number of aromatic nitrogens is 5. The van der Waals surface area contributed by atoms with Crippen LogP contribution in [0.5, 0.6) is 0 Å². The molecule has 1 amide bonds.